The Bertz CT molecular complexity index is 1060. The molecule has 0 aliphatic rings. The van der Waals surface area contributed by atoms with Crippen LogP contribution < -0.4 is 9.88 Å². The van der Waals surface area contributed by atoms with Crippen LogP contribution in [0.5, 0.6) is 0 Å². The number of hydrogen-bond donors (Lipinski definition) is 1. The zero-order valence-electron chi connectivity index (χ0n) is 18.9. The second kappa shape index (κ2) is 11.2. The van der Waals surface area contributed by atoms with Gasteiger partial charge in [-0.1, -0.05) is 68.4 Å². The number of aromatic nitrogens is 1. The van der Waals surface area contributed by atoms with Gasteiger partial charge in [0, 0.05) is 11.6 Å². The number of carbonyl (C=O) groups is 1. The van der Waals surface area contributed by atoms with E-state index in [-0.39, 0.29) is 18.4 Å². The first-order valence-electron chi connectivity index (χ1n) is 10.9. The number of nitriles is 1. The molecular weight excluding hydrogens is 398 g/mol. The number of benzene rings is 2. The van der Waals surface area contributed by atoms with E-state index in [0.717, 1.165) is 22.3 Å². The minimum absolute atomic E-state index is 0.0318. The topological polar surface area (TPSA) is 66.0 Å². The Balaban J connectivity index is 1.92. The lowest BCUT2D eigenvalue weighted by molar-refractivity contribution is -0.671. The SMILES string of the molecule is CC(C)C[C@H](O[C@H](c1ccccc1)c1ccc(-c2ccc[n+](C)c2)cc1)C(=O)NCC#N. The van der Waals surface area contributed by atoms with E-state index in [4.69, 9.17) is 10.00 Å². The van der Waals surface area contributed by atoms with Crippen molar-refractivity contribution in [3.8, 4) is 17.2 Å². The van der Waals surface area contributed by atoms with Crippen molar-refractivity contribution in [3.63, 3.8) is 0 Å². The number of aryl methyl sites for hydroxylation is 1. The number of carbonyl (C=O) groups excluding carboxylic acids is 1. The van der Waals surface area contributed by atoms with E-state index in [9.17, 15) is 4.79 Å². The molecule has 2 atom stereocenters. The van der Waals surface area contributed by atoms with Gasteiger partial charge in [0.05, 0.1) is 6.07 Å². The highest BCUT2D eigenvalue weighted by molar-refractivity contribution is 5.81. The van der Waals surface area contributed by atoms with E-state index in [0.29, 0.717) is 6.42 Å². The first kappa shape index (κ1) is 23.2. The van der Waals surface area contributed by atoms with Crippen molar-refractivity contribution in [2.45, 2.75) is 32.5 Å². The summed E-state index contributed by atoms with van der Waals surface area (Å²) < 4.78 is 8.45. The minimum Gasteiger partial charge on any atom is -0.356 e. The Kier molecular flexibility index (Phi) is 8.13. The molecule has 1 aromatic heterocycles. The molecule has 0 aliphatic carbocycles. The van der Waals surface area contributed by atoms with Gasteiger partial charge < -0.3 is 10.1 Å². The number of ether oxygens (including phenoxy) is 1. The van der Waals surface area contributed by atoms with Crippen LogP contribution in [0.2, 0.25) is 0 Å². The molecular formula is C27H30N3O2+. The first-order chi connectivity index (χ1) is 15.5. The molecule has 3 aromatic rings. The number of nitrogens with zero attached hydrogens (tertiary/aromatic N) is 2. The summed E-state index contributed by atoms with van der Waals surface area (Å²) in [7, 11) is 2.00. The third kappa shape index (κ3) is 6.26. The van der Waals surface area contributed by atoms with Gasteiger partial charge >= 0.3 is 0 Å². The molecule has 0 saturated heterocycles. The number of amides is 1. The lowest BCUT2D eigenvalue weighted by atomic mass is 9.97. The largest absolute Gasteiger partial charge is 0.356 e. The Morgan fingerprint density at radius 2 is 1.69 bits per heavy atom. The highest BCUT2D eigenvalue weighted by atomic mass is 16.5. The van der Waals surface area contributed by atoms with Crippen LogP contribution in [0.15, 0.2) is 79.1 Å². The Morgan fingerprint density at radius 3 is 2.31 bits per heavy atom. The summed E-state index contributed by atoms with van der Waals surface area (Å²) in [5.74, 6) is 0.0139. The van der Waals surface area contributed by atoms with Crippen molar-refractivity contribution in [1.82, 2.24) is 5.32 Å². The average Bonchev–Trinajstić information content (AvgIpc) is 2.80. The van der Waals surface area contributed by atoms with Crippen molar-refractivity contribution >= 4 is 5.91 Å². The normalized spacial score (nSPS) is 12.7. The van der Waals surface area contributed by atoms with Crippen molar-refractivity contribution in [1.29, 1.82) is 5.26 Å². The van der Waals surface area contributed by atoms with Gasteiger partial charge in [-0.15, -0.1) is 0 Å². The fraction of sp³-hybridized carbons (Fsp3) is 0.296. The van der Waals surface area contributed by atoms with Gasteiger partial charge in [0.15, 0.2) is 12.4 Å². The molecule has 1 amide bonds. The molecule has 1 N–H and O–H groups in total. The van der Waals surface area contributed by atoms with Crippen LogP contribution in [0.1, 0.15) is 37.5 Å². The predicted octanol–water partition coefficient (Wildman–Crippen LogP) is 4.34. The van der Waals surface area contributed by atoms with Gasteiger partial charge in [0.25, 0.3) is 0 Å². The Morgan fingerprint density at radius 1 is 1.00 bits per heavy atom. The molecule has 0 saturated carbocycles. The molecule has 0 bridgehead atoms. The molecule has 1 heterocycles. The monoisotopic (exact) mass is 428 g/mol. The summed E-state index contributed by atoms with van der Waals surface area (Å²) in [6.45, 7) is 4.08. The second-order valence-electron chi connectivity index (χ2n) is 8.30. The summed E-state index contributed by atoms with van der Waals surface area (Å²) in [6.07, 6.45) is 3.61. The fourth-order valence-corrected chi connectivity index (χ4v) is 3.64. The highest BCUT2D eigenvalue weighted by Crippen LogP contribution is 2.30. The summed E-state index contributed by atoms with van der Waals surface area (Å²) in [6, 6.07) is 24.3. The van der Waals surface area contributed by atoms with E-state index >= 15 is 0 Å². The van der Waals surface area contributed by atoms with Crippen molar-refractivity contribution < 1.29 is 14.1 Å². The Hall–Kier alpha value is -3.49. The van der Waals surface area contributed by atoms with Crippen LogP contribution in [0, 0.1) is 17.2 Å². The number of rotatable bonds is 9. The zero-order chi connectivity index (χ0) is 22.9. The highest BCUT2D eigenvalue weighted by Gasteiger charge is 2.26. The number of hydrogen-bond acceptors (Lipinski definition) is 3. The zero-order valence-corrected chi connectivity index (χ0v) is 18.9. The van der Waals surface area contributed by atoms with Gasteiger partial charge in [-0.25, -0.2) is 4.57 Å². The maximum absolute atomic E-state index is 12.7. The molecule has 32 heavy (non-hydrogen) atoms. The molecule has 0 radical (unpaired) electrons. The third-order valence-electron chi connectivity index (χ3n) is 5.21. The van der Waals surface area contributed by atoms with Crippen molar-refractivity contribution in [3.05, 3.63) is 90.3 Å². The third-order valence-corrected chi connectivity index (χ3v) is 5.21. The average molecular weight is 429 g/mol. The molecule has 0 fully saturated rings. The summed E-state index contributed by atoms with van der Waals surface area (Å²) in [5.41, 5.74) is 4.20. The molecule has 2 aromatic carbocycles. The van der Waals surface area contributed by atoms with Crippen molar-refractivity contribution in [2.24, 2.45) is 13.0 Å². The predicted molar refractivity (Wildman–Crippen MR) is 124 cm³/mol. The standard InChI is InChI=1S/C27H29N3O2/c1-20(2)18-25(27(31)29-16-15-28)32-26(22-8-5-4-6-9-22)23-13-11-21(12-14-23)24-10-7-17-30(3)19-24/h4-14,17,19-20,25-26H,16,18H2,1-3H3/p+1/t25-,26+/m0/s1. The maximum Gasteiger partial charge on any atom is 0.250 e. The smallest absolute Gasteiger partial charge is 0.250 e. The van der Waals surface area contributed by atoms with E-state index < -0.39 is 12.2 Å². The summed E-state index contributed by atoms with van der Waals surface area (Å²) >= 11 is 0. The molecule has 0 spiro atoms. The van der Waals surface area contributed by atoms with Crippen LogP contribution in [-0.2, 0) is 16.6 Å². The van der Waals surface area contributed by atoms with E-state index in [1.54, 1.807) is 0 Å². The summed E-state index contributed by atoms with van der Waals surface area (Å²) in [4.78, 5) is 12.7. The van der Waals surface area contributed by atoms with Gasteiger partial charge in [0.1, 0.15) is 25.8 Å². The fourth-order valence-electron chi connectivity index (χ4n) is 3.64. The molecule has 5 nitrogen and oxygen atoms in total. The van der Waals surface area contributed by atoms with Gasteiger partial charge in [-0.3, -0.25) is 4.79 Å². The minimum atomic E-state index is -0.651. The van der Waals surface area contributed by atoms with Crippen molar-refractivity contribution in [2.75, 3.05) is 6.54 Å². The van der Waals surface area contributed by atoms with Gasteiger partial charge in [-0.2, -0.15) is 5.26 Å². The second-order valence-corrected chi connectivity index (χ2v) is 8.30. The van der Waals surface area contributed by atoms with Crippen LogP contribution in [0.4, 0.5) is 0 Å². The maximum atomic E-state index is 12.7. The van der Waals surface area contributed by atoms with E-state index in [1.807, 2.05) is 60.3 Å². The molecule has 3 rings (SSSR count). The van der Waals surface area contributed by atoms with Gasteiger partial charge in [-0.05, 0) is 35.1 Å². The van der Waals surface area contributed by atoms with Crippen LogP contribution >= 0.6 is 0 Å². The number of nitrogens with one attached hydrogen (secondary N) is 1. The molecule has 0 unspecified atom stereocenters. The lowest BCUT2D eigenvalue weighted by Gasteiger charge is -2.26. The molecule has 164 valence electrons. The molecule has 5 heteroatoms. The quantitative estimate of drug-likeness (QED) is 0.407. The van der Waals surface area contributed by atoms with E-state index in [2.05, 4.69) is 55.7 Å². The first-order valence-corrected chi connectivity index (χ1v) is 10.9. The van der Waals surface area contributed by atoms with Crippen LogP contribution in [0.25, 0.3) is 11.1 Å². The van der Waals surface area contributed by atoms with E-state index in [1.165, 1.54) is 0 Å². The number of pyridine rings is 1. The van der Waals surface area contributed by atoms with Gasteiger partial charge in [0.2, 0.25) is 5.91 Å². The van der Waals surface area contributed by atoms with Crippen LogP contribution in [0.3, 0.4) is 0 Å². The molecule has 0 aliphatic heterocycles. The summed E-state index contributed by atoms with van der Waals surface area (Å²) in [5, 5.41) is 11.5. The lowest BCUT2D eigenvalue weighted by Crippen LogP contribution is -2.38. The Labute approximate surface area is 190 Å². The van der Waals surface area contributed by atoms with Crippen LogP contribution in [-0.4, -0.2) is 18.6 Å².